The number of carbonyl (C=O) groups is 2. The molecule has 2 aromatic rings. The van der Waals surface area contributed by atoms with E-state index >= 15 is 0 Å². The van der Waals surface area contributed by atoms with E-state index in [2.05, 4.69) is 17.2 Å². The number of rotatable bonds is 5. The second-order valence-corrected chi connectivity index (χ2v) is 5.48. The van der Waals surface area contributed by atoms with Gasteiger partial charge in [0.15, 0.2) is 0 Å². The third-order valence-electron chi connectivity index (χ3n) is 3.61. The fourth-order valence-corrected chi connectivity index (χ4v) is 2.36. The molecule has 128 valence electrons. The second kappa shape index (κ2) is 9.29. The van der Waals surface area contributed by atoms with Crippen LogP contribution in [0.1, 0.15) is 34.8 Å². The summed E-state index contributed by atoms with van der Waals surface area (Å²) >= 11 is 0. The van der Waals surface area contributed by atoms with Crippen molar-refractivity contribution in [2.24, 2.45) is 0 Å². The first-order chi connectivity index (χ1) is 12.1. The fourth-order valence-electron chi connectivity index (χ4n) is 2.36. The predicted octanol–water partition coefficient (Wildman–Crippen LogP) is 2.96. The van der Waals surface area contributed by atoms with Crippen molar-refractivity contribution >= 4 is 11.9 Å². The van der Waals surface area contributed by atoms with Crippen molar-refractivity contribution in [2.75, 3.05) is 7.11 Å². The lowest BCUT2D eigenvalue weighted by molar-refractivity contribution is -0.142. The molecular weight excluding hydrogens is 314 g/mol. The number of esters is 1. The number of nitrogens with one attached hydrogen (secondary N) is 1. The van der Waals surface area contributed by atoms with Crippen molar-refractivity contribution in [3.8, 4) is 11.8 Å². The van der Waals surface area contributed by atoms with Crippen molar-refractivity contribution in [2.45, 2.75) is 25.8 Å². The van der Waals surface area contributed by atoms with E-state index in [1.54, 1.807) is 18.2 Å². The third kappa shape index (κ3) is 5.50. The van der Waals surface area contributed by atoms with Gasteiger partial charge < -0.3 is 10.1 Å². The molecule has 4 heteroatoms. The molecule has 0 fully saturated rings. The Balaban J connectivity index is 2.15. The molecule has 1 N–H and O–H groups in total. The highest BCUT2D eigenvalue weighted by Gasteiger charge is 2.22. The van der Waals surface area contributed by atoms with Gasteiger partial charge >= 0.3 is 5.97 Å². The Labute approximate surface area is 148 Å². The van der Waals surface area contributed by atoms with E-state index in [4.69, 9.17) is 4.74 Å². The minimum Gasteiger partial charge on any atom is -0.467 e. The van der Waals surface area contributed by atoms with Crippen LogP contribution in [0.5, 0.6) is 0 Å². The van der Waals surface area contributed by atoms with Crippen LogP contribution in [0.15, 0.2) is 54.6 Å². The zero-order chi connectivity index (χ0) is 18.1. The largest absolute Gasteiger partial charge is 0.467 e. The van der Waals surface area contributed by atoms with Gasteiger partial charge in [0.05, 0.1) is 7.11 Å². The van der Waals surface area contributed by atoms with E-state index < -0.39 is 12.0 Å². The van der Waals surface area contributed by atoms with E-state index in [1.807, 2.05) is 43.3 Å². The van der Waals surface area contributed by atoms with Gasteiger partial charge in [-0.1, -0.05) is 55.2 Å². The highest BCUT2D eigenvalue weighted by atomic mass is 16.5. The topological polar surface area (TPSA) is 55.4 Å². The van der Waals surface area contributed by atoms with Crippen molar-refractivity contribution < 1.29 is 14.3 Å². The molecule has 1 amide bonds. The van der Waals surface area contributed by atoms with Crippen LogP contribution in [0.2, 0.25) is 0 Å². The number of hydrogen-bond acceptors (Lipinski definition) is 3. The molecule has 0 saturated heterocycles. The molecule has 0 spiro atoms. The fraction of sp³-hybridized carbons (Fsp3) is 0.238. The van der Waals surface area contributed by atoms with Gasteiger partial charge in [0, 0.05) is 24.0 Å². The molecule has 2 rings (SSSR count). The second-order valence-electron chi connectivity index (χ2n) is 5.48. The normalized spacial score (nSPS) is 11.0. The molecular formula is C21H21NO3. The summed E-state index contributed by atoms with van der Waals surface area (Å²) in [5, 5.41) is 2.75. The summed E-state index contributed by atoms with van der Waals surface area (Å²) in [6.45, 7) is 1.97. The van der Waals surface area contributed by atoms with Crippen LogP contribution < -0.4 is 5.32 Å². The minimum atomic E-state index is -0.745. The summed E-state index contributed by atoms with van der Waals surface area (Å²) in [5.41, 5.74) is 2.18. The van der Waals surface area contributed by atoms with Gasteiger partial charge in [-0.3, -0.25) is 4.79 Å². The number of methoxy groups -OCH3 is 1. The van der Waals surface area contributed by atoms with E-state index in [1.165, 1.54) is 7.11 Å². The molecule has 25 heavy (non-hydrogen) atoms. The lowest BCUT2D eigenvalue weighted by Gasteiger charge is -2.16. The van der Waals surface area contributed by atoms with E-state index in [0.29, 0.717) is 12.0 Å². The minimum absolute atomic E-state index is 0.327. The molecule has 1 unspecified atom stereocenters. The number of carbonyl (C=O) groups excluding carboxylic acids is 2. The predicted molar refractivity (Wildman–Crippen MR) is 97.0 cm³/mol. The van der Waals surface area contributed by atoms with Gasteiger partial charge in [-0.25, -0.2) is 4.79 Å². The Kier molecular flexibility index (Phi) is 6.79. The molecule has 2 aromatic carbocycles. The average molecular weight is 335 g/mol. The number of hydrogen-bond donors (Lipinski definition) is 1. The Morgan fingerprint density at radius 3 is 2.56 bits per heavy atom. The lowest BCUT2D eigenvalue weighted by Crippen LogP contribution is -2.43. The molecule has 0 aliphatic rings. The highest BCUT2D eigenvalue weighted by molar-refractivity contribution is 5.97. The first-order valence-corrected chi connectivity index (χ1v) is 8.15. The quantitative estimate of drug-likeness (QED) is 0.675. The maximum absolute atomic E-state index is 12.5. The number of ether oxygens (including phenoxy) is 1. The maximum Gasteiger partial charge on any atom is 0.328 e. The standard InChI is InChI=1S/C21H21NO3/c1-3-4-9-16-12-8-13-18(14-16)20(23)22-19(21(24)25-2)15-17-10-6-5-7-11-17/h5-8,10-14,19H,3,15H2,1-2H3,(H,22,23). The molecule has 4 nitrogen and oxygen atoms in total. The summed E-state index contributed by atoms with van der Waals surface area (Å²) < 4.78 is 4.82. The summed E-state index contributed by atoms with van der Waals surface area (Å²) in [4.78, 5) is 24.6. The van der Waals surface area contributed by atoms with Crippen molar-refractivity contribution in [1.82, 2.24) is 5.32 Å². The molecule has 0 aromatic heterocycles. The van der Waals surface area contributed by atoms with Crippen LogP contribution in [0.3, 0.4) is 0 Å². The Morgan fingerprint density at radius 1 is 1.12 bits per heavy atom. The highest BCUT2D eigenvalue weighted by Crippen LogP contribution is 2.08. The first kappa shape index (κ1) is 18.3. The summed E-state index contributed by atoms with van der Waals surface area (Å²) in [6.07, 6.45) is 1.12. The van der Waals surface area contributed by atoms with Gasteiger partial charge in [-0.05, 0) is 23.8 Å². The monoisotopic (exact) mass is 335 g/mol. The van der Waals surface area contributed by atoms with Gasteiger partial charge in [0.2, 0.25) is 0 Å². The first-order valence-electron chi connectivity index (χ1n) is 8.15. The van der Waals surface area contributed by atoms with E-state index in [0.717, 1.165) is 17.5 Å². The van der Waals surface area contributed by atoms with Gasteiger partial charge in [-0.2, -0.15) is 0 Å². The van der Waals surface area contributed by atoms with Crippen LogP contribution in [0.25, 0.3) is 0 Å². The molecule has 0 saturated carbocycles. The van der Waals surface area contributed by atoms with Gasteiger partial charge in [0.1, 0.15) is 6.04 Å². The number of benzene rings is 2. The zero-order valence-electron chi connectivity index (χ0n) is 14.4. The van der Waals surface area contributed by atoms with Crippen molar-refractivity contribution in [3.63, 3.8) is 0 Å². The molecule has 0 bridgehead atoms. The van der Waals surface area contributed by atoms with Gasteiger partial charge in [0.25, 0.3) is 5.91 Å². The van der Waals surface area contributed by atoms with Crippen LogP contribution in [-0.2, 0) is 16.0 Å². The van der Waals surface area contributed by atoms with E-state index in [9.17, 15) is 9.59 Å². The molecule has 1 atom stereocenters. The van der Waals surface area contributed by atoms with Crippen molar-refractivity contribution in [1.29, 1.82) is 0 Å². The summed E-state index contributed by atoms with van der Waals surface area (Å²) in [5.74, 6) is 5.17. The lowest BCUT2D eigenvalue weighted by atomic mass is 10.0. The maximum atomic E-state index is 12.5. The molecule has 0 aliphatic carbocycles. The number of amides is 1. The summed E-state index contributed by atoms with van der Waals surface area (Å²) in [6, 6.07) is 15.8. The Hall–Kier alpha value is -3.06. The van der Waals surface area contributed by atoms with Crippen LogP contribution in [0, 0.1) is 11.8 Å². The van der Waals surface area contributed by atoms with Crippen LogP contribution in [0.4, 0.5) is 0 Å². The molecule has 0 aliphatic heterocycles. The van der Waals surface area contributed by atoms with Crippen molar-refractivity contribution in [3.05, 3.63) is 71.3 Å². The molecule has 0 heterocycles. The molecule has 0 radical (unpaired) electrons. The Bertz CT molecular complexity index is 788. The van der Waals surface area contributed by atoms with Crippen LogP contribution >= 0.6 is 0 Å². The zero-order valence-corrected chi connectivity index (χ0v) is 14.4. The smallest absolute Gasteiger partial charge is 0.328 e. The SMILES string of the molecule is CCC#Cc1cccc(C(=O)NC(Cc2ccccc2)C(=O)OC)c1. The van der Waals surface area contributed by atoms with Crippen LogP contribution in [-0.4, -0.2) is 25.0 Å². The summed E-state index contributed by atoms with van der Waals surface area (Å²) in [7, 11) is 1.31. The van der Waals surface area contributed by atoms with E-state index in [-0.39, 0.29) is 5.91 Å². The van der Waals surface area contributed by atoms with Gasteiger partial charge in [-0.15, -0.1) is 0 Å². The Morgan fingerprint density at radius 2 is 1.88 bits per heavy atom. The average Bonchev–Trinajstić information content (AvgIpc) is 2.66. The third-order valence-corrected chi connectivity index (χ3v) is 3.61.